The summed E-state index contributed by atoms with van der Waals surface area (Å²) in [6.07, 6.45) is 1.90. The quantitative estimate of drug-likeness (QED) is 0.839. The number of benzene rings is 1. The van der Waals surface area contributed by atoms with Crippen LogP contribution < -0.4 is 10.1 Å². The molecule has 0 aliphatic heterocycles. The van der Waals surface area contributed by atoms with Crippen LogP contribution in [0.15, 0.2) is 18.2 Å². The van der Waals surface area contributed by atoms with E-state index in [4.69, 9.17) is 4.74 Å². The third kappa shape index (κ3) is 3.45. The largest absolute Gasteiger partial charge is 0.494 e. The molecule has 0 aliphatic rings. The third-order valence-corrected chi connectivity index (χ3v) is 3.86. The average molecular weight is 253 g/mol. The molecule has 0 bridgehead atoms. The number of nitrogens with one attached hydrogen (secondary N) is 1. The Kier molecular flexibility index (Phi) is 5.15. The second-order valence-electron chi connectivity index (χ2n) is 5.36. The molecule has 0 spiro atoms. The van der Waals surface area contributed by atoms with E-state index in [0.717, 1.165) is 18.4 Å². The van der Waals surface area contributed by atoms with Gasteiger partial charge in [0.1, 0.15) is 0 Å². The number of halogens is 1. The summed E-state index contributed by atoms with van der Waals surface area (Å²) in [6, 6.07) is 5.51. The molecular formula is C15H24FNO. The van der Waals surface area contributed by atoms with Gasteiger partial charge >= 0.3 is 0 Å². The molecule has 1 aromatic rings. The van der Waals surface area contributed by atoms with Crippen molar-refractivity contribution in [2.24, 2.45) is 5.41 Å². The first kappa shape index (κ1) is 15.0. The molecule has 1 aromatic carbocycles. The van der Waals surface area contributed by atoms with Gasteiger partial charge in [-0.25, -0.2) is 4.39 Å². The molecule has 1 atom stereocenters. The molecule has 0 heterocycles. The monoisotopic (exact) mass is 253 g/mol. The van der Waals surface area contributed by atoms with Crippen molar-refractivity contribution in [1.29, 1.82) is 0 Å². The van der Waals surface area contributed by atoms with Gasteiger partial charge in [0, 0.05) is 6.04 Å². The maximum absolute atomic E-state index is 13.6. The van der Waals surface area contributed by atoms with E-state index in [9.17, 15) is 4.39 Å². The Morgan fingerprint density at radius 3 is 2.50 bits per heavy atom. The summed E-state index contributed by atoms with van der Waals surface area (Å²) in [4.78, 5) is 0. The van der Waals surface area contributed by atoms with Crippen molar-refractivity contribution in [3.05, 3.63) is 29.6 Å². The van der Waals surface area contributed by atoms with Crippen LogP contribution >= 0.6 is 0 Å². The van der Waals surface area contributed by atoms with Crippen molar-refractivity contribution in [3.8, 4) is 5.75 Å². The number of hydrogen-bond donors (Lipinski definition) is 1. The Balaban J connectivity index is 2.86. The zero-order valence-electron chi connectivity index (χ0n) is 12.0. The molecule has 2 nitrogen and oxygen atoms in total. The van der Waals surface area contributed by atoms with Crippen molar-refractivity contribution in [2.45, 2.75) is 39.7 Å². The molecule has 0 aromatic heterocycles. The van der Waals surface area contributed by atoms with Gasteiger partial charge in [0.15, 0.2) is 11.6 Å². The smallest absolute Gasteiger partial charge is 0.165 e. The topological polar surface area (TPSA) is 21.3 Å². The highest BCUT2D eigenvalue weighted by Gasteiger charge is 2.26. The SMILES string of the molecule is CCC(C)(C)C(Cc1ccc(OC)c(F)c1)NC. The minimum absolute atomic E-state index is 0.186. The summed E-state index contributed by atoms with van der Waals surface area (Å²) in [6.45, 7) is 6.64. The van der Waals surface area contributed by atoms with Crippen LogP contribution in [0.1, 0.15) is 32.8 Å². The van der Waals surface area contributed by atoms with Crippen molar-refractivity contribution < 1.29 is 9.13 Å². The minimum Gasteiger partial charge on any atom is -0.494 e. The fraction of sp³-hybridized carbons (Fsp3) is 0.600. The fourth-order valence-electron chi connectivity index (χ4n) is 2.09. The Labute approximate surface area is 110 Å². The molecule has 0 aliphatic carbocycles. The van der Waals surface area contributed by atoms with Crippen molar-refractivity contribution in [1.82, 2.24) is 5.32 Å². The van der Waals surface area contributed by atoms with Gasteiger partial charge in [-0.3, -0.25) is 0 Å². The second kappa shape index (κ2) is 6.19. The predicted octanol–water partition coefficient (Wildman–Crippen LogP) is 3.40. The molecule has 1 N–H and O–H groups in total. The van der Waals surface area contributed by atoms with Gasteiger partial charge in [0.2, 0.25) is 0 Å². The third-order valence-electron chi connectivity index (χ3n) is 3.86. The summed E-state index contributed by atoms with van der Waals surface area (Å²) in [5, 5.41) is 3.34. The van der Waals surface area contributed by atoms with Crippen LogP contribution in [-0.4, -0.2) is 20.2 Å². The molecule has 3 heteroatoms. The highest BCUT2D eigenvalue weighted by Crippen LogP contribution is 2.28. The maximum Gasteiger partial charge on any atom is 0.165 e. The van der Waals surface area contributed by atoms with Crippen LogP contribution in [0.3, 0.4) is 0 Å². The summed E-state index contributed by atoms with van der Waals surface area (Å²) in [5.41, 5.74) is 1.18. The van der Waals surface area contributed by atoms with Crippen LogP contribution in [0.5, 0.6) is 5.75 Å². The van der Waals surface area contributed by atoms with Gasteiger partial charge < -0.3 is 10.1 Å². The van der Waals surface area contributed by atoms with E-state index in [1.165, 1.54) is 7.11 Å². The standard InChI is InChI=1S/C15H24FNO/c1-6-15(2,3)14(17-4)10-11-7-8-13(18-5)12(16)9-11/h7-9,14,17H,6,10H2,1-5H3. The molecule has 0 saturated carbocycles. The predicted molar refractivity (Wildman–Crippen MR) is 73.6 cm³/mol. The number of hydrogen-bond acceptors (Lipinski definition) is 2. The number of ether oxygens (including phenoxy) is 1. The van der Waals surface area contributed by atoms with E-state index in [1.54, 1.807) is 12.1 Å². The summed E-state index contributed by atoms with van der Waals surface area (Å²) >= 11 is 0. The molecule has 102 valence electrons. The van der Waals surface area contributed by atoms with Crippen molar-refractivity contribution in [3.63, 3.8) is 0 Å². The Hall–Kier alpha value is -1.09. The van der Waals surface area contributed by atoms with E-state index in [0.29, 0.717) is 11.8 Å². The molecule has 0 radical (unpaired) electrons. The Bertz CT molecular complexity index is 390. The van der Waals surface area contributed by atoms with E-state index in [2.05, 4.69) is 26.1 Å². The molecule has 0 saturated heterocycles. The fourth-order valence-corrected chi connectivity index (χ4v) is 2.09. The van der Waals surface area contributed by atoms with E-state index in [-0.39, 0.29) is 11.2 Å². The van der Waals surface area contributed by atoms with Gasteiger partial charge in [0.05, 0.1) is 7.11 Å². The van der Waals surface area contributed by atoms with Gasteiger partial charge in [-0.1, -0.05) is 26.8 Å². The average Bonchev–Trinajstić information content (AvgIpc) is 2.35. The van der Waals surface area contributed by atoms with Crippen molar-refractivity contribution in [2.75, 3.05) is 14.2 Å². The lowest BCUT2D eigenvalue weighted by molar-refractivity contribution is 0.240. The second-order valence-corrected chi connectivity index (χ2v) is 5.36. The van der Waals surface area contributed by atoms with Gasteiger partial charge in [-0.15, -0.1) is 0 Å². The normalized spacial score (nSPS) is 13.4. The zero-order valence-corrected chi connectivity index (χ0v) is 12.0. The lowest BCUT2D eigenvalue weighted by Crippen LogP contribution is -2.41. The van der Waals surface area contributed by atoms with Gasteiger partial charge in [-0.2, -0.15) is 0 Å². The molecule has 1 unspecified atom stereocenters. The Morgan fingerprint density at radius 1 is 1.39 bits per heavy atom. The van der Waals surface area contributed by atoms with E-state index in [1.807, 2.05) is 13.1 Å². The first-order valence-electron chi connectivity index (χ1n) is 6.44. The molecular weight excluding hydrogens is 229 g/mol. The minimum atomic E-state index is -0.292. The van der Waals surface area contributed by atoms with Crippen LogP contribution in [-0.2, 0) is 6.42 Å². The molecule has 1 rings (SSSR count). The molecule has 0 amide bonds. The Morgan fingerprint density at radius 2 is 2.06 bits per heavy atom. The number of rotatable bonds is 6. The van der Waals surface area contributed by atoms with Crippen LogP contribution in [0, 0.1) is 11.2 Å². The number of methoxy groups -OCH3 is 1. The van der Waals surface area contributed by atoms with E-state index >= 15 is 0 Å². The maximum atomic E-state index is 13.6. The summed E-state index contributed by atoms with van der Waals surface area (Å²) < 4.78 is 18.6. The van der Waals surface area contributed by atoms with E-state index < -0.39 is 0 Å². The first-order valence-corrected chi connectivity index (χ1v) is 6.44. The van der Waals surface area contributed by atoms with Crippen LogP contribution in [0.25, 0.3) is 0 Å². The zero-order chi connectivity index (χ0) is 13.8. The highest BCUT2D eigenvalue weighted by molar-refractivity contribution is 5.29. The number of likely N-dealkylation sites (N-methyl/N-ethyl adjacent to an activating group) is 1. The van der Waals surface area contributed by atoms with Gasteiger partial charge in [-0.05, 0) is 43.0 Å². The lowest BCUT2D eigenvalue weighted by Gasteiger charge is -2.33. The molecule has 18 heavy (non-hydrogen) atoms. The van der Waals surface area contributed by atoms with Crippen LogP contribution in [0.2, 0.25) is 0 Å². The van der Waals surface area contributed by atoms with Crippen molar-refractivity contribution >= 4 is 0 Å². The lowest BCUT2D eigenvalue weighted by atomic mass is 9.79. The first-order chi connectivity index (χ1) is 8.44. The van der Waals surface area contributed by atoms with Gasteiger partial charge in [0.25, 0.3) is 0 Å². The van der Waals surface area contributed by atoms with Crippen LogP contribution in [0.4, 0.5) is 4.39 Å². The summed E-state index contributed by atoms with van der Waals surface area (Å²) in [7, 11) is 3.44. The molecule has 0 fully saturated rings. The summed E-state index contributed by atoms with van der Waals surface area (Å²) in [5.74, 6) is 0.00803. The highest BCUT2D eigenvalue weighted by atomic mass is 19.1.